The maximum atomic E-state index is 13.1. The summed E-state index contributed by atoms with van der Waals surface area (Å²) < 4.78 is 1.86. The molecular weight excluding hydrogens is 398 g/mol. The zero-order valence-electron chi connectivity index (χ0n) is 18.0. The first-order chi connectivity index (χ1) is 15.7. The number of amides is 1. The van der Waals surface area contributed by atoms with Gasteiger partial charge in [0.2, 0.25) is 5.91 Å². The third-order valence-electron chi connectivity index (χ3n) is 5.97. The van der Waals surface area contributed by atoms with Gasteiger partial charge >= 0.3 is 0 Å². The van der Waals surface area contributed by atoms with Crippen LogP contribution in [0.5, 0.6) is 0 Å². The number of aryl methyl sites for hydroxylation is 1. The second-order valence-corrected chi connectivity index (χ2v) is 8.03. The Kier molecular flexibility index (Phi) is 5.42. The molecule has 0 saturated carbocycles. The predicted octanol–water partition coefficient (Wildman–Crippen LogP) is 4.76. The molecule has 1 aliphatic rings. The van der Waals surface area contributed by atoms with Crippen molar-refractivity contribution in [3.05, 3.63) is 85.2 Å². The molecule has 0 aliphatic carbocycles. The van der Waals surface area contributed by atoms with Crippen LogP contribution in [0.4, 0.5) is 11.4 Å². The van der Waals surface area contributed by atoms with E-state index in [-0.39, 0.29) is 11.9 Å². The van der Waals surface area contributed by atoms with Gasteiger partial charge in [0, 0.05) is 31.0 Å². The number of rotatable bonds is 5. The van der Waals surface area contributed by atoms with Crippen molar-refractivity contribution in [2.75, 3.05) is 16.8 Å². The van der Waals surface area contributed by atoms with Gasteiger partial charge in [0.15, 0.2) is 0 Å². The quantitative estimate of drug-likeness (QED) is 0.503. The molecule has 1 atom stereocenters. The number of anilines is 2. The molecule has 6 nitrogen and oxygen atoms in total. The van der Waals surface area contributed by atoms with E-state index < -0.39 is 0 Å². The molecule has 2 aromatic heterocycles. The minimum absolute atomic E-state index is 0.00692. The highest BCUT2D eigenvalue weighted by Gasteiger charge is 2.31. The topological polar surface area (TPSA) is 63.1 Å². The van der Waals surface area contributed by atoms with Gasteiger partial charge < -0.3 is 10.2 Å². The van der Waals surface area contributed by atoms with Crippen molar-refractivity contribution in [1.29, 1.82) is 0 Å². The Balaban J connectivity index is 1.28. The van der Waals surface area contributed by atoms with Crippen molar-refractivity contribution < 1.29 is 4.79 Å². The van der Waals surface area contributed by atoms with E-state index in [2.05, 4.69) is 44.6 Å². The Labute approximate surface area is 187 Å². The molecule has 32 heavy (non-hydrogen) atoms. The number of aromatic nitrogens is 3. The average molecular weight is 424 g/mol. The maximum absolute atomic E-state index is 13.1. The van der Waals surface area contributed by atoms with Gasteiger partial charge in [0.1, 0.15) is 6.04 Å². The van der Waals surface area contributed by atoms with Crippen molar-refractivity contribution >= 4 is 17.3 Å². The third kappa shape index (κ3) is 3.99. The normalized spacial score (nSPS) is 15.7. The van der Waals surface area contributed by atoms with E-state index in [1.54, 1.807) is 12.4 Å². The molecule has 0 bridgehead atoms. The van der Waals surface area contributed by atoms with Crippen LogP contribution in [0.2, 0.25) is 0 Å². The molecular formula is C26H25N5O. The molecule has 1 aliphatic heterocycles. The summed E-state index contributed by atoms with van der Waals surface area (Å²) in [6.45, 7) is 0.869. The molecule has 4 aromatic rings. The lowest BCUT2D eigenvalue weighted by Crippen LogP contribution is -2.39. The van der Waals surface area contributed by atoms with Gasteiger partial charge in [-0.05, 0) is 48.7 Å². The fourth-order valence-corrected chi connectivity index (χ4v) is 4.30. The van der Waals surface area contributed by atoms with Gasteiger partial charge in [0.05, 0.1) is 23.3 Å². The highest BCUT2D eigenvalue weighted by molar-refractivity contribution is 5.97. The Bertz CT molecular complexity index is 1200. The van der Waals surface area contributed by atoms with E-state index in [0.717, 1.165) is 47.6 Å². The molecule has 1 N–H and O–H groups in total. The molecule has 6 heteroatoms. The van der Waals surface area contributed by atoms with Crippen LogP contribution in [0.3, 0.4) is 0 Å². The Morgan fingerprint density at radius 1 is 0.969 bits per heavy atom. The minimum Gasteiger partial charge on any atom is -0.360 e. The third-order valence-corrected chi connectivity index (χ3v) is 5.97. The fraction of sp³-hybridized carbons (Fsp3) is 0.192. The van der Waals surface area contributed by atoms with Gasteiger partial charge in [-0.15, -0.1) is 0 Å². The highest BCUT2D eigenvalue weighted by atomic mass is 16.2. The Hall–Kier alpha value is -3.93. The summed E-state index contributed by atoms with van der Waals surface area (Å²) in [5, 5.41) is 7.29. The molecule has 2 aromatic carbocycles. The van der Waals surface area contributed by atoms with Crippen LogP contribution in [0, 0.1) is 0 Å². The van der Waals surface area contributed by atoms with Crippen molar-refractivity contribution in [3.8, 4) is 22.5 Å². The number of hydrogen-bond donors (Lipinski definition) is 1. The number of nitrogens with zero attached hydrogens (tertiary/aromatic N) is 4. The van der Waals surface area contributed by atoms with Crippen molar-refractivity contribution in [2.45, 2.75) is 18.9 Å². The van der Waals surface area contributed by atoms with Crippen molar-refractivity contribution in [3.63, 3.8) is 0 Å². The summed E-state index contributed by atoms with van der Waals surface area (Å²) in [5.74, 6) is 0.00692. The number of nitrogens with one attached hydrogen (secondary N) is 1. The van der Waals surface area contributed by atoms with Crippen LogP contribution in [-0.4, -0.2) is 33.3 Å². The SMILES string of the molecule is Cn1nccc1-c1ccc(N2CCCC2C(=O)Nc2ccc(-c3ccccc3)nc2)cc1. The maximum Gasteiger partial charge on any atom is 0.247 e. The molecule has 160 valence electrons. The van der Waals surface area contributed by atoms with Gasteiger partial charge in [-0.1, -0.05) is 42.5 Å². The number of carbonyl (C=O) groups is 1. The predicted molar refractivity (Wildman–Crippen MR) is 127 cm³/mol. The van der Waals surface area contributed by atoms with E-state index in [1.807, 2.05) is 60.3 Å². The second-order valence-electron chi connectivity index (χ2n) is 8.03. The van der Waals surface area contributed by atoms with Crippen LogP contribution in [0.1, 0.15) is 12.8 Å². The summed E-state index contributed by atoms with van der Waals surface area (Å²) in [5.41, 5.74) is 5.90. The van der Waals surface area contributed by atoms with Gasteiger partial charge in [-0.3, -0.25) is 14.5 Å². The number of pyridine rings is 1. The van der Waals surface area contributed by atoms with E-state index in [0.29, 0.717) is 5.69 Å². The first-order valence-electron chi connectivity index (χ1n) is 10.9. The second kappa shape index (κ2) is 8.67. The summed E-state index contributed by atoms with van der Waals surface area (Å²) in [7, 11) is 1.94. The average Bonchev–Trinajstić information content (AvgIpc) is 3.50. The lowest BCUT2D eigenvalue weighted by molar-refractivity contribution is -0.117. The van der Waals surface area contributed by atoms with Crippen LogP contribution < -0.4 is 10.2 Å². The fourth-order valence-electron chi connectivity index (χ4n) is 4.30. The largest absolute Gasteiger partial charge is 0.360 e. The van der Waals surface area contributed by atoms with Gasteiger partial charge in [-0.2, -0.15) is 5.10 Å². The lowest BCUT2D eigenvalue weighted by Gasteiger charge is -2.26. The molecule has 3 heterocycles. The molecule has 0 spiro atoms. The van der Waals surface area contributed by atoms with Crippen LogP contribution in [0.25, 0.3) is 22.5 Å². The van der Waals surface area contributed by atoms with Crippen LogP contribution in [0.15, 0.2) is 85.2 Å². The van der Waals surface area contributed by atoms with Crippen molar-refractivity contribution in [2.24, 2.45) is 7.05 Å². The number of hydrogen-bond acceptors (Lipinski definition) is 4. The van der Waals surface area contributed by atoms with Gasteiger partial charge in [0.25, 0.3) is 0 Å². The summed E-state index contributed by atoms with van der Waals surface area (Å²) >= 11 is 0. The Morgan fingerprint density at radius 3 is 2.47 bits per heavy atom. The minimum atomic E-state index is -0.189. The van der Waals surface area contributed by atoms with Crippen LogP contribution in [-0.2, 0) is 11.8 Å². The van der Waals surface area contributed by atoms with E-state index >= 15 is 0 Å². The molecule has 1 amide bonds. The standard InChI is InChI=1S/C26H25N5O/c1-30-24(15-16-28-30)20-9-12-22(13-10-20)31-17-5-8-25(31)26(32)29-21-11-14-23(27-18-21)19-6-3-2-4-7-19/h2-4,6-7,9-16,18,25H,5,8,17H2,1H3,(H,29,32). The summed E-state index contributed by atoms with van der Waals surface area (Å²) in [6.07, 6.45) is 5.35. The monoisotopic (exact) mass is 423 g/mol. The molecule has 0 radical (unpaired) electrons. The zero-order chi connectivity index (χ0) is 21.9. The molecule has 1 unspecified atom stereocenters. The molecule has 1 fully saturated rings. The summed E-state index contributed by atoms with van der Waals surface area (Å²) in [4.78, 5) is 19.8. The van der Waals surface area contributed by atoms with Gasteiger partial charge in [-0.25, -0.2) is 0 Å². The number of benzene rings is 2. The molecule has 5 rings (SSSR count). The van der Waals surface area contributed by atoms with Crippen molar-refractivity contribution in [1.82, 2.24) is 14.8 Å². The summed E-state index contributed by atoms with van der Waals surface area (Å²) in [6, 6.07) is 24.0. The lowest BCUT2D eigenvalue weighted by atomic mass is 10.1. The van der Waals surface area contributed by atoms with E-state index in [9.17, 15) is 4.79 Å². The van der Waals surface area contributed by atoms with E-state index in [4.69, 9.17) is 0 Å². The smallest absolute Gasteiger partial charge is 0.247 e. The first kappa shape index (κ1) is 20.0. The van der Waals surface area contributed by atoms with Crippen LogP contribution >= 0.6 is 0 Å². The van der Waals surface area contributed by atoms with E-state index in [1.165, 1.54) is 0 Å². The molecule has 1 saturated heterocycles. The zero-order valence-corrected chi connectivity index (χ0v) is 18.0. The first-order valence-corrected chi connectivity index (χ1v) is 10.9. The number of carbonyl (C=O) groups excluding carboxylic acids is 1. The Morgan fingerprint density at radius 2 is 1.78 bits per heavy atom. The highest BCUT2D eigenvalue weighted by Crippen LogP contribution is 2.29.